The van der Waals surface area contributed by atoms with Crippen LogP contribution in [0.25, 0.3) is 11.2 Å². The van der Waals surface area contributed by atoms with Gasteiger partial charge in [-0.15, -0.1) is 12.4 Å². The minimum Gasteiger partial charge on any atom is -0.310 e. The van der Waals surface area contributed by atoms with E-state index in [4.69, 9.17) is 16.6 Å². The molecule has 2 aromatic heterocycles. The van der Waals surface area contributed by atoms with Crippen LogP contribution < -0.4 is 4.90 Å². The van der Waals surface area contributed by atoms with Gasteiger partial charge >= 0.3 is 0 Å². The molecule has 1 aliphatic rings. The molecule has 0 unspecified atom stereocenters. The summed E-state index contributed by atoms with van der Waals surface area (Å²) in [6, 6.07) is 8.48. The van der Waals surface area contributed by atoms with Gasteiger partial charge in [-0.2, -0.15) is 0 Å². The van der Waals surface area contributed by atoms with Crippen LogP contribution in [0, 0.1) is 0 Å². The normalized spacial score (nSPS) is 12.8. The molecule has 0 spiro atoms. The van der Waals surface area contributed by atoms with Crippen LogP contribution in [0.2, 0.25) is 5.15 Å². The Balaban J connectivity index is 0.00000196. The Hall–Kier alpha value is -1.89. The van der Waals surface area contributed by atoms with E-state index < -0.39 is 0 Å². The van der Waals surface area contributed by atoms with Crippen LogP contribution in [0.1, 0.15) is 19.4 Å². The Labute approximate surface area is 164 Å². The number of hydrogen-bond acceptors (Lipinski definition) is 5. The van der Waals surface area contributed by atoms with Crippen LogP contribution in [0.5, 0.6) is 0 Å². The lowest BCUT2D eigenvalue weighted by molar-refractivity contribution is 0.311. The molecular weight excluding hydrogens is 371 g/mol. The van der Waals surface area contributed by atoms with Crippen molar-refractivity contribution in [1.29, 1.82) is 0 Å². The summed E-state index contributed by atoms with van der Waals surface area (Å²) in [4.78, 5) is 18.0. The molecule has 3 aromatic rings. The highest BCUT2D eigenvalue weighted by Crippen LogP contribution is 2.36. The van der Waals surface area contributed by atoms with Crippen molar-refractivity contribution < 1.29 is 0 Å². The molecule has 0 atom stereocenters. The third-order valence-corrected chi connectivity index (χ3v) is 5.13. The minimum absolute atomic E-state index is 0. The largest absolute Gasteiger partial charge is 0.310 e. The molecule has 1 aliphatic heterocycles. The number of rotatable bonds is 5. The maximum Gasteiger partial charge on any atom is 0.212 e. The lowest BCUT2D eigenvalue weighted by Gasteiger charge is -2.32. The molecule has 0 radical (unpaired) electrons. The second kappa shape index (κ2) is 7.78. The van der Waals surface area contributed by atoms with Crippen molar-refractivity contribution in [1.82, 2.24) is 24.4 Å². The number of imidazole rings is 1. The maximum absolute atomic E-state index is 6.25. The summed E-state index contributed by atoms with van der Waals surface area (Å²) >= 11 is 6.25. The first kappa shape index (κ1) is 18.9. The smallest absolute Gasteiger partial charge is 0.212 e. The van der Waals surface area contributed by atoms with Gasteiger partial charge in [0.2, 0.25) is 5.95 Å². The van der Waals surface area contributed by atoms with Crippen molar-refractivity contribution in [2.45, 2.75) is 20.4 Å². The first-order valence-electron chi connectivity index (χ1n) is 8.67. The fourth-order valence-corrected chi connectivity index (χ4v) is 3.61. The molecule has 0 amide bonds. The second-order valence-corrected chi connectivity index (χ2v) is 6.50. The standard InChI is InChI=1S/C18H21ClN6.ClH/c1-3-23(4-2)9-10-24-14-8-6-5-7-13(14)11-25-17-15(22-18(24)25)16(19)20-12-21-17;/h5-8,12H,3-4,9-11H2,1-2H3;1H. The second-order valence-electron chi connectivity index (χ2n) is 6.14. The summed E-state index contributed by atoms with van der Waals surface area (Å²) in [6.45, 7) is 9.06. The van der Waals surface area contributed by atoms with E-state index in [-0.39, 0.29) is 12.4 Å². The molecule has 0 bridgehead atoms. The summed E-state index contributed by atoms with van der Waals surface area (Å²) in [7, 11) is 0. The minimum atomic E-state index is 0. The van der Waals surface area contributed by atoms with E-state index in [1.54, 1.807) is 0 Å². The van der Waals surface area contributed by atoms with E-state index in [9.17, 15) is 0 Å². The number of likely N-dealkylation sites (N-methyl/N-ethyl adjacent to an activating group) is 1. The Morgan fingerprint density at radius 1 is 1.15 bits per heavy atom. The summed E-state index contributed by atoms with van der Waals surface area (Å²) in [5.41, 5.74) is 3.93. The van der Waals surface area contributed by atoms with Crippen molar-refractivity contribution in [3.8, 4) is 0 Å². The van der Waals surface area contributed by atoms with E-state index >= 15 is 0 Å². The average molecular weight is 393 g/mol. The van der Waals surface area contributed by atoms with Gasteiger partial charge in [0.1, 0.15) is 11.8 Å². The van der Waals surface area contributed by atoms with Gasteiger partial charge in [-0.05, 0) is 24.7 Å². The molecule has 3 heterocycles. The van der Waals surface area contributed by atoms with Crippen LogP contribution in [0.3, 0.4) is 0 Å². The summed E-state index contributed by atoms with van der Waals surface area (Å²) in [5, 5.41) is 0.402. The zero-order valence-corrected chi connectivity index (χ0v) is 16.5. The summed E-state index contributed by atoms with van der Waals surface area (Å²) in [6.07, 6.45) is 1.50. The maximum atomic E-state index is 6.25. The van der Waals surface area contributed by atoms with Crippen molar-refractivity contribution in [3.05, 3.63) is 41.3 Å². The van der Waals surface area contributed by atoms with Gasteiger partial charge in [-0.25, -0.2) is 15.0 Å². The van der Waals surface area contributed by atoms with Crippen molar-refractivity contribution >= 4 is 46.8 Å². The number of aromatic nitrogens is 4. The lowest BCUT2D eigenvalue weighted by atomic mass is 10.1. The van der Waals surface area contributed by atoms with Gasteiger partial charge in [0, 0.05) is 18.8 Å². The number of anilines is 2. The molecule has 8 heteroatoms. The zero-order chi connectivity index (χ0) is 17.4. The van der Waals surface area contributed by atoms with E-state index in [1.807, 2.05) is 0 Å². The highest BCUT2D eigenvalue weighted by Gasteiger charge is 2.27. The Kier molecular flexibility index (Phi) is 5.65. The fourth-order valence-electron chi connectivity index (χ4n) is 3.44. The quantitative estimate of drug-likeness (QED) is 0.618. The number of nitrogens with zero attached hydrogens (tertiary/aromatic N) is 6. The van der Waals surface area contributed by atoms with Crippen LogP contribution in [0.15, 0.2) is 30.6 Å². The number of fused-ring (bicyclic) bond motifs is 4. The third kappa shape index (κ3) is 3.13. The molecule has 138 valence electrons. The molecule has 0 N–H and O–H groups in total. The monoisotopic (exact) mass is 392 g/mol. The van der Waals surface area contributed by atoms with Crippen LogP contribution >= 0.6 is 24.0 Å². The highest BCUT2D eigenvalue weighted by atomic mass is 35.5. The molecule has 4 rings (SSSR count). The zero-order valence-electron chi connectivity index (χ0n) is 14.9. The fraction of sp³-hybridized carbons (Fsp3) is 0.389. The summed E-state index contributed by atoms with van der Waals surface area (Å²) in [5.74, 6) is 0.892. The molecule has 26 heavy (non-hydrogen) atoms. The predicted molar refractivity (Wildman–Crippen MR) is 108 cm³/mol. The van der Waals surface area contributed by atoms with Crippen molar-refractivity contribution in [2.75, 3.05) is 31.1 Å². The molecule has 0 saturated heterocycles. The van der Waals surface area contributed by atoms with Gasteiger partial charge in [-0.3, -0.25) is 4.57 Å². The third-order valence-electron chi connectivity index (χ3n) is 4.85. The molecule has 1 aromatic carbocycles. The lowest BCUT2D eigenvalue weighted by Crippen LogP contribution is -2.36. The predicted octanol–water partition coefficient (Wildman–Crippen LogP) is 3.74. The SMILES string of the molecule is CCN(CC)CCN1c2ccccc2Cn2c1nc1c(Cl)ncnc12.Cl. The Morgan fingerprint density at radius 3 is 2.69 bits per heavy atom. The van der Waals surface area contributed by atoms with Crippen molar-refractivity contribution in [3.63, 3.8) is 0 Å². The number of halogens is 2. The molecule has 0 aliphatic carbocycles. The van der Waals surface area contributed by atoms with E-state index in [0.29, 0.717) is 10.7 Å². The van der Waals surface area contributed by atoms with Gasteiger partial charge in [0.05, 0.1) is 6.54 Å². The van der Waals surface area contributed by atoms with Crippen molar-refractivity contribution in [2.24, 2.45) is 0 Å². The first-order valence-corrected chi connectivity index (χ1v) is 9.05. The first-order chi connectivity index (χ1) is 12.2. The van der Waals surface area contributed by atoms with E-state index in [0.717, 1.165) is 44.3 Å². The molecular formula is C18H22Cl2N6. The van der Waals surface area contributed by atoms with Gasteiger partial charge < -0.3 is 9.80 Å². The average Bonchev–Trinajstić information content (AvgIpc) is 3.01. The molecule has 0 fully saturated rings. The van der Waals surface area contributed by atoms with Gasteiger partial charge in [0.15, 0.2) is 10.8 Å². The van der Waals surface area contributed by atoms with E-state index in [1.165, 1.54) is 17.6 Å². The number of para-hydroxylation sites is 1. The Morgan fingerprint density at radius 2 is 1.92 bits per heavy atom. The number of benzene rings is 1. The Bertz CT molecular complexity index is 906. The highest BCUT2D eigenvalue weighted by molar-refractivity contribution is 6.33. The van der Waals surface area contributed by atoms with Crippen LogP contribution in [-0.4, -0.2) is 50.6 Å². The van der Waals surface area contributed by atoms with Gasteiger partial charge in [0.25, 0.3) is 0 Å². The number of hydrogen-bond donors (Lipinski definition) is 0. The molecule has 0 saturated carbocycles. The van der Waals surface area contributed by atoms with Gasteiger partial charge in [-0.1, -0.05) is 43.6 Å². The van der Waals surface area contributed by atoms with Crippen LogP contribution in [0.4, 0.5) is 11.6 Å². The topological polar surface area (TPSA) is 50.1 Å². The summed E-state index contributed by atoms with van der Waals surface area (Å²) < 4.78 is 2.13. The van der Waals surface area contributed by atoms with Crippen LogP contribution in [-0.2, 0) is 6.54 Å². The van der Waals surface area contributed by atoms with E-state index in [2.05, 4.69) is 62.4 Å². The molecule has 6 nitrogen and oxygen atoms in total.